The second-order valence-corrected chi connectivity index (χ2v) is 5.94. The highest BCUT2D eigenvalue weighted by Gasteiger charge is 2.35. The molecule has 0 saturated carbocycles. The topological polar surface area (TPSA) is 86.0 Å². The number of hydrogen-bond donors (Lipinski definition) is 3. The van der Waals surface area contributed by atoms with Crippen molar-refractivity contribution in [2.75, 3.05) is 30.8 Å². The second kappa shape index (κ2) is 6.93. The van der Waals surface area contributed by atoms with Gasteiger partial charge in [0.2, 0.25) is 0 Å². The van der Waals surface area contributed by atoms with Gasteiger partial charge in [-0.05, 0) is 36.4 Å². The molecule has 6 nitrogen and oxygen atoms in total. The van der Waals surface area contributed by atoms with E-state index in [0.717, 1.165) is 12.1 Å². The first kappa shape index (κ1) is 18.2. The lowest BCUT2D eigenvalue weighted by molar-refractivity contribution is -0.274. The molecule has 2 aromatic carbocycles. The molecular weight excluding hydrogens is 353 g/mol. The molecule has 140 valence electrons. The van der Waals surface area contributed by atoms with E-state index < -0.39 is 12.0 Å². The fourth-order valence-electron chi connectivity index (χ4n) is 2.30. The van der Waals surface area contributed by atoms with Gasteiger partial charge < -0.3 is 30.4 Å². The summed E-state index contributed by atoms with van der Waals surface area (Å²) in [7, 11) is 0. The molecule has 26 heavy (non-hydrogen) atoms. The minimum absolute atomic E-state index is 0.252. The van der Waals surface area contributed by atoms with Gasteiger partial charge in [0.15, 0.2) is 0 Å². The summed E-state index contributed by atoms with van der Waals surface area (Å²) in [6.07, 6.45) is -4.74. The average molecular weight is 370 g/mol. The Hall–Kier alpha value is -2.65. The van der Waals surface area contributed by atoms with Gasteiger partial charge in [0, 0.05) is 12.6 Å². The van der Waals surface area contributed by atoms with Crippen LogP contribution in [0.25, 0.3) is 0 Å². The standard InChI is InChI=1S/C17H17F3N2O4/c18-17(19,20)26-12-3-1-11(2-4-12)25-13-5-6-14(21)15(7-13)22-8-16(23)9-24-10-16/h1-7,22-23H,8-10,21H2. The highest BCUT2D eigenvalue weighted by atomic mass is 19.4. The van der Waals surface area contributed by atoms with Crippen molar-refractivity contribution in [1.82, 2.24) is 0 Å². The number of hydrogen-bond acceptors (Lipinski definition) is 6. The van der Waals surface area contributed by atoms with Crippen molar-refractivity contribution < 1.29 is 32.5 Å². The Balaban J connectivity index is 1.65. The Morgan fingerprint density at radius 2 is 1.69 bits per heavy atom. The fraction of sp³-hybridized carbons (Fsp3) is 0.294. The fourth-order valence-corrected chi connectivity index (χ4v) is 2.30. The molecule has 0 bridgehead atoms. The minimum atomic E-state index is -4.74. The van der Waals surface area contributed by atoms with Crippen molar-refractivity contribution in [2.24, 2.45) is 0 Å². The van der Waals surface area contributed by atoms with Crippen LogP contribution in [0.3, 0.4) is 0 Å². The molecule has 0 spiro atoms. The number of alkyl halides is 3. The van der Waals surface area contributed by atoms with Gasteiger partial charge in [-0.25, -0.2) is 0 Å². The number of nitrogens with one attached hydrogen (secondary N) is 1. The summed E-state index contributed by atoms with van der Waals surface area (Å²) in [4.78, 5) is 0. The van der Waals surface area contributed by atoms with Crippen LogP contribution >= 0.6 is 0 Å². The van der Waals surface area contributed by atoms with Crippen LogP contribution in [0.15, 0.2) is 42.5 Å². The third-order valence-corrected chi connectivity index (χ3v) is 3.67. The monoisotopic (exact) mass is 370 g/mol. The Labute approximate surface area is 147 Å². The van der Waals surface area contributed by atoms with Crippen molar-refractivity contribution in [3.05, 3.63) is 42.5 Å². The van der Waals surface area contributed by atoms with Crippen LogP contribution in [-0.2, 0) is 4.74 Å². The molecule has 0 aliphatic carbocycles. The third kappa shape index (κ3) is 4.70. The van der Waals surface area contributed by atoms with Crippen LogP contribution in [0.2, 0.25) is 0 Å². The molecule has 0 atom stereocenters. The van der Waals surface area contributed by atoms with Crippen LogP contribution in [0.1, 0.15) is 0 Å². The van der Waals surface area contributed by atoms with Gasteiger partial charge >= 0.3 is 6.36 Å². The summed E-state index contributed by atoms with van der Waals surface area (Å²) in [5, 5.41) is 13.1. The Kier molecular flexibility index (Phi) is 4.84. The predicted molar refractivity (Wildman–Crippen MR) is 88.3 cm³/mol. The van der Waals surface area contributed by atoms with Crippen molar-refractivity contribution >= 4 is 11.4 Å². The Morgan fingerprint density at radius 3 is 2.27 bits per heavy atom. The first-order valence-electron chi connectivity index (χ1n) is 7.70. The van der Waals surface area contributed by atoms with E-state index >= 15 is 0 Å². The maximum absolute atomic E-state index is 12.2. The molecule has 1 fully saturated rings. The van der Waals surface area contributed by atoms with E-state index in [-0.39, 0.29) is 25.5 Å². The summed E-state index contributed by atoms with van der Waals surface area (Å²) in [6, 6.07) is 9.93. The zero-order valence-corrected chi connectivity index (χ0v) is 13.5. The second-order valence-electron chi connectivity index (χ2n) is 5.94. The van der Waals surface area contributed by atoms with Crippen LogP contribution in [0.5, 0.6) is 17.2 Å². The molecule has 3 rings (SSSR count). The van der Waals surface area contributed by atoms with Gasteiger partial charge in [-0.1, -0.05) is 0 Å². The Morgan fingerprint density at radius 1 is 1.08 bits per heavy atom. The van der Waals surface area contributed by atoms with E-state index in [1.165, 1.54) is 12.1 Å². The van der Waals surface area contributed by atoms with Crippen LogP contribution in [0, 0.1) is 0 Å². The van der Waals surface area contributed by atoms with E-state index in [2.05, 4.69) is 10.1 Å². The molecule has 1 aliphatic rings. The summed E-state index contributed by atoms with van der Waals surface area (Å²) in [6.45, 7) is 0.773. The lowest BCUT2D eigenvalue weighted by Gasteiger charge is -2.36. The smallest absolute Gasteiger partial charge is 0.457 e. The number of benzene rings is 2. The van der Waals surface area contributed by atoms with E-state index in [0.29, 0.717) is 22.9 Å². The quantitative estimate of drug-likeness (QED) is 0.678. The van der Waals surface area contributed by atoms with Gasteiger partial charge in [-0.2, -0.15) is 0 Å². The summed E-state index contributed by atoms with van der Waals surface area (Å²) in [5.41, 5.74) is 6.01. The maximum Gasteiger partial charge on any atom is 0.573 e. The number of rotatable bonds is 6. The number of nitrogen functional groups attached to an aromatic ring is 1. The van der Waals surface area contributed by atoms with Gasteiger partial charge in [0.05, 0.1) is 24.6 Å². The first-order chi connectivity index (χ1) is 12.2. The van der Waals surface area contributed by atoms with E-state index in [4.69, 9.17) is 15.2 Å². The molecule has 0 radical (unpaired) electrons. The van der Waals surface area contributed by atoms with Crippen molar-refractivity contribution in [1.29, 1.82) is 0 Å². The molecule has 1 heterocycles. The van der Waals surface area contributed by atoms with Gasteiger partial charge in [0.25, 0.3) is 0 Å². The van der Waals surface area contributed by atoms with Gasteiger partial charge in [-0.15, -0.1) is 13.2 Å². The highest BCUT2D eigenvalue weighted by Crippen LogP contribution is 2.31. The number of nitrogens with two attached hydrogens (primary N) is 1. The van der Waals surface area contributed by atoms with Crippen molar-refractivity contribution in [2.45, 2.75) is 12.0 Å². The first-order valence-corrected chi connectivity index (χ1v) is 7.70. The number of ether oxygens (including phenoxy) is 3. The Bertz CT molecular complexity index is 762. The molecule has 0 unspecified atom stereocenters. The molecule has 0 amide bonds. The zero-order valence-electron chi connectivity index (χ0n) is 13.5. The number of halogens is 3. The predicted octanol–water partition coefficient (Wildman–Crippen LogP) is 3.13. The molecule has 2 aromatic rings. The highest BCUT2D eigenvalue weighted by molar-refractivity contribution is 5.68. The summed E-state index contributed by atoms with van der Waals surface area (Å²) >= 11 is 0. The van der Waals surface area contributed by atoms with Crippen molar-refractivity contribution in [3.63, 3.8) is 0 Å². The lowest BCUT2D eigenvalue weighted by Crippen LogP contribution is -2.54. The largest absolute Gasteiger partial charge is 0.573 e. The molecular formula is C17H17F3N2O4. The van der Waals surface area contributed by atoms with Crippen LogP contribution in [-0.4, -0.2) is 36.8 Å². The molecule has 1 saturated heterocycles. The molecule has 9 heteroatoms. The van der Waals surface area contributed by atoms with E-state index in [1.807, 2.05) is 0 Å². The summed E-state index contributed by atoms with van der Waals surface area (Å²) in [5.74, 6) is 0.435. The van der Waals surface area contributed by atoms with Gasteiger partial charge in [-0.3, -0.25) is 0 Å². The normalized spacial score (nSPS) is 15.8. The van der Waals surface area contributed by atoms with Crippen LogP contribution < -0.4 is 20.5 Å². The average Bonchev–Trinajstić information content (AvgIpc) is 2.54. The summed E-state index contributed by atoms with van der Waals surface area (Å²) < 4.78 is 50.9. The zero-order chi connectivity index (χ0) is 18.8. The van der Waals surface area contributed by atoms with Gasteiger partial charge in [0.1, 0.15) is 22.8 Å². The minimum Gasteiger partial charge on any atom is -0.457 e. The molecule has 0 aromatic heterocycles. The molecule has 1 aliphatic heterocycles. The third-order valence-electron chi connectivity index (χ3n) is 3.67. The van der Waals surface area contributed by atoms with Crippen molar-refractivity contribution in [3.8, 4) is 17.2 Å². The SMILES string of the molecule is Nc1ccc(Oc2ccc(OC(F)(F)F)cc2)cc1NCC1(O)COC1. The lowest BCUT2D eigenvalue weighted by atomic mass is 10.0. The number of aliphatic hydroxyl groups is 1. The van der Waals surface area contributed by atoms with Crippen LogP contribution in [0.4, 0.5) is 24.5 Å². The van der Waals surface area contributed by atoms with E-state index in [9.17, 15) is 18.3 Å². The number of anilines is 2. The van der Waals surface area contributed by atoms with E-state index in [1.54, 1.807) is 18.2 Å². The molecule has 4 N–H and O–H groups in total. The maximum atomic E-state index is 12.2.